The molecule has 0 aliphatic heterocycles. The Kier molecular flexibility index (Phi) is 3.82. The fraction of sp³-hybridized carbons (Fsp3) is 0. The Morgan fingerprint density at radius 3 is 2.68 bits per heavy atom. The molecule has 1 aromatic heterocycles. The zero-order chi connectivity index (χ0) is 14.0. The summed E-state index contributed by atoms with van der Waals surface area (Å²) in [5.41, 5.74) is -0.275. The van der Waals surface area contributed by atoms with Crippen molar-refractivity contribution in [1.29, 1.82) is 0 Å². The van der Waals surface area contributed by atoms with Gasteiger partial charge in [-0.25, -0.2) is 9.37 Å². The van der Waals surface area contributed by atoms with E-state index in [1.54, 1.807) is 0 Å². The maximum Gasteiger partial charge on any atom is 0.276 e. The monoisotopic (exact) mass is 301 g/mol. The maximum absolute atomic E-state index is 13.6. The van der Waals surface area contributed by atoms with E-state index >= 15 is 0 Å². The van der Waals surface area contributed by atoms with Gasteiger partial charge in [0.25, 0.3) is 5.69 Å². The largest absolute Gasteiger partial charge is 0.336 e. The SMILES string of the molecule is O=[N+]([O-])c1cc(Cl)nc(Nc2c(F)cccc2Cl)c1. The first kappa shape index (κ1) is 13.5. The molecule has 1 aromatic carbocycles. The van der Waals surface area contributed by atoms with Gasteiger partial charge in [-0.3, -0.25) is 10.1 Å². The molecule has 0 fully saturated rings. The van der Waals surface area contributed by atoms with Crippen LogP contribution in [-0.4, -0.2) is 9.91 Å². The predicted octanol–water partition coefficient (Wildman–Crippen LogP) is 4.18. The fourth-order valence-electron chi connectivity index (χ4n) is 1.40. The number of aromatic nitrogens is 1. The minimum Gasteiger partial charge on any atom is -0.336 e. The van der Waals surface area contributed by atoms with Crippen molar-refractivity contribution in [3.8, 4) is 0 Å². The van der Waals surface area contributed by atoms with Crippen molar-refractivity contribution in [2.75, 3.05) is 5.32 Å². The summed E-state index contributed by atoms with van der Waals surface area (Å²) in [5, 5.41) is 13.3. The average molecular weight is 302 g/mol. The minimum absolute atomic E-state index is 0.0202. The number of nitro groups is 1. The summed E-state index contributed by atoms with van der Waals surface area (Å²) in [7, 11) is 0. The van der Waals surface area contributed by atoms with Gasteiger partial charge in [0.2, 0.25) is 0 Å². The number of benzene rings is 1. The van der Waals surface area contributed by atoms with Gasteiger partial charge in [0.15, 0.2) is 0 Å². The van der Waals surface area contributed by atoms with E-state index in [4.69, 9.17) is 23.2 Å². The third-order valence-corrected chi connectivity index (χ3v) is 2.71. The van der Waals surface area contributed by atoms with Crippen LogP contribution in [0.25, 0.3) is 0 Å². The highest BCUT2D eigenvalue weighted by Gasteiger charge is 2.13. The summed E-state index contributed by atoms with van der Waals surface area (Å²) >= 11 is 11.5. The Morgan fingerprint density at radius 1 is 1.32 bits per heavy atom. The Bertz CT molecular complexity index is 632. The number of para-hydroxylation sites is 1. The highest BCUT2D eigenvalue weighted by atomic mass is 35.5. The normalized spacial score (nSPS) is 10.3. The van der Waals surface area contributed by atoms with Crippen molar-refractivity contribution in [3.05, 3.63) is 56.4 Å². The summed E-state index contributed by atoms with van der Waals surface area (Å²) in [4.78, 5) is 13.9. The molecule has 98 valence electrons. The highest BCUT2D eigenvalue weighted by Crippen LogP contribution is 2.29. The van der Waals surface area contributed by atoms with Crippen LogP contribution in [0.5, 0.6) is 0 Å². The van der Waals surface area contributed by atoms with Crippen molar-refractivity contribution < 1.29 is 9.31 Å². The van der Waals surface area contributed by atoms with Crippen LogP contribution in [0.3, 0.4) is 0 Å². The minimum atomic E-state index is -0.623. The molecule has 0 aliphatic rings. The second-order valence-electron chi connectivity index (χ2n) is 3.51. The zero-order valence-electron chi connectivity index (χ0n) is 9.23. The lowest BCUT2D eigenvalue weighted by molar-refractivity contribution is -0.384. The van der Waals surface area contributed by atoms with Gasteiger partial charge in [-0.05, 0) is 12.1 Å². The number of nitrogens with zero attached hydrogens (tertiary/aromatic N) is 2. The summed E-state index contributed by atoms with van der Waals surface area (Å²) in [6.07, 6.45) is 0. The number of anilines is 2. The molecule has 0 bridgehead atoms. The van der Waals surface area contributed by atoms with Crippen molar-refractivity contribution in [1.82, 2.24) is 4.98 Å². The van der Waals surface area contributed by atoms with Crippen LogP contribution in [0.1, 0.15) is 0 Å². The number of hydrogen-bond acceptors (Lipinski definition) is 4. The third-order valence-electron chi connectivity index (χ3n) is 2.21. The quantitative estimate of drug-likeness (QED) is 0.524. The first-order chi connectivity index (χ1) is 8.97. The van der Waals surface area contributed by atoms with Gasteiger partial charge >= 0.3 is 0 Å². The number of hydrogen-bond donors (Lipinski definition) is 1. The number of halogens is 3. The van der Waals surface area contributed by atoms with E-state index < -0.39 is 10.7 Å². The second kappa shape index (κ2) is 5.38. The van der Waals surface area contributed by atoms with E-state index in [1.165, 1.54) is 18.2 Å². The van der Waals surface area contributed by atoms with E-state index in [2.05, 4.69) is 10.3 Å². The van der Waals surface area contributed by atoms with E-state index in [-0.39, 0.29) is 27.4 Å². The molecule has 0 atom stereocenters. The lowest BCUT2D eigenvalue weighted by Gasteiger charge is -2.08. The molecule has 1 heterocycles. The summed E-state index contributed by atoms with van der Waals surface area (Å²) in [5.74, 6) is -0.567. The molecule has 0 amide bonds. The van der Waals surface area contributed by atoms with Crippen LogP contribution in [0.4, 0.5) is 21.6 Å². The van der Waals surface area contributed by atoms with Crippen molar-refractivity contribution in [2.45, 2.75) is 0 Å². The molecule has 0 radical (unpaired) electrons. The van der Waals surface area contributed by atoms with Gasteiger partial charge in [0.05, 0.1) is 27.8 Å². The fourth-order valence-corrected chi connectivity index (χ4v) is 1.81. The van der Waals surface area contributed by atoms with Crippen LogP contribution >= 0.6 is 23.2 Å². The third kappa shape index (κ3) is 3.10. The molecule has 0 saturated carbocycles. The van der Waals surface area contributed by atoms with Gasteiger partial charge in [0.1, 0.15) is 16.8 Å². The predicted molar refractivity (Wildman–Crippen MR) is 70.6 cm³/mol. The summed E-state index contributed by atoms with van der Waals surface area (Å²) in [6.45, 7) is 0. The Morgan fingerprint density at radius 2 is 2.05 bits per heavy atom. The maximum atomic E-state index is 13.6. The van der Waals surface area contributed by atoms with Crippen molar-refractivity contribution >= 4 is 40.4 Å². The molecule has 8 heteroatoms. The van der Waals surface area contributed by atoms with E-state index in [0.717, 1.165) is 12.1 Å². The zero-order valence-corrected chi connectivity index (χ0v) is 10.7. The molecule has 2 rings (SSSR count). The van der Waals surface area contributed by atoms with E-state index in [1.807, 2.05) is 0 Å². The molecule has 19 heavy (non-hydrogen) atoms. The molecule has 1 N–H and O–H groups in total. The first-order valence-electron chi connectivity index (χ1n) is 5.00. The molecule has 0 spiro atoms. The Labute approximate surface area is 117 Å². The van der Waals surface area contributed by atoms with Gasteiger partial charge in [-0.2, -0.15) is 0 Å². The summed E-state index contributed by atoms with van der Waals surface area (Å²) in [6, 6.07) is 6.35. The van der Waals surface area contributed by atoms with Gasteiger partial charge in [-0.15, -0.1) is 0 Å². The van der Waals surface area contributed by atoms with Gasteiger partial charge in [0, 0.05) is 0 Å². The highest BCUT2D eigenvalue weighted by molar-refractivity contribution is 6.33. The Balaban J connectivity index is 2.41. The first-order valence-corrected chi connectivity index (χ1v) is 5.76. The van der Waals surface area contributed by atoms with E-state index in [9.17, 15) is 14.5 Å². The summed E-state index contributed by atoms with van der Waals surface area (Å²) < 4.78 is 13.6. The Hall–Kier alpha value is -1.92. The smallest absolute Gasteiger partial charge is 0.276 e. The number of pyridine rings is 1. The van der Waals surface area contributed by atoms with Crippen LogP contribution in [-0.2, 0) is 0 Å². The lowest BCUT2D eigenvalue weighted by atomic mass is 10.3. The van der Waals surface area contributed by atoms with Crippen molar-refractivity contribution in [3.63, 3.8) is 0 Å². The van der Waals surface area contributed by atoms with Crippen LogP contribution < -0.4 is 5.32 Å². The van der Waals surface area contributed by atoms with Crippen molar-refractivity contribution in [2.24, 2.45) is 0 Å². The molecule has 2 aromatic rings. The molecule has 0 aliphatic carbocycles. The van der Waals surface area contributed by atoms with Crippen LogP contribution in [0, 0.1) is 15.9 Å². The second-order valence-corrected chi connectivity index (χ2v) is 4.31. The molecule has 0 saturated heterocycles. The van der Waals surface area contributed by atoms with E-state index in [0.29, 0.717) is 0 Å². The molecule has 0 unspecified atom stereocenters. The van der Waals surface area contributed by atoms with Gasteiger partial charge in [-0.1, -0.05) is 29.3 Å². The topological polar surface area (TPSA) is 68.1 Å². The molecular weight excluding hydrogens is 296 g/mol. The number of rotatable bonds is 3. The van der Waals surface area contributed by atoms with Crippen LogP contribution in [0.2, 0.25) is 10.2 Å². The molecular formula is C11H6Cl2FN3O2. The van der Waals surface area contributed by atoms with Crippen LogP contribution in [0.15, 0.2) is 30.3 Å². The average Bonchev–Trinajstić information content (AvgIpc) is 2.33. The number of nitrogens with one attached hydrogen (secondary N) is 1. The molecule has 5 nitrogen and oxygen atoms in total. The van der Waals surface area contributed by atoms with Gasteiger partial charge < -0.3 is 5.32 Å². The standard InChI is InChI=1S/C11H6Cl2FN3O2/c12-7-2-1-3-8(14)11(7)16-10-5-6(17(18)19)4-9(13)15-10/h1-5H,(H,15,16). The lowest BCUT2D eigenvalue weighted by Crippen LogP contribution is -1.99.